The molecule has 1 N–H and O–H groups in total. The van der Waals surface area contributed by atoms with Gasteiger partial charge >= 0.3 is 0 Å². The minimum atomic E-state index is 0.646. The summed E-state index contributed by atoms with van der Waals surface area (Å²) in [7, 11) is 0. The lowest BCUT2D eigenvalue weighted by molar-refractivity contribution is 0.417. The number of nitriles is 2. The number of nitrogens with zero attached hydrogens (tertiary/aromatic N) is 3. The third kappa shape index (κ3) is 2.47. The third-order valence-corrected chi connectivity index (χ3v) is 3.90. The van der Waals surface area contributed by atoms with Crippen LogP contribution in [0.15, 0.2) is 36.4 Å². The van der Waals surface area contributed by atoms with Crippen LogP contribution in [0.5, 0.6) is 0 Å². The standard InChI is InChI=1S/C18H16N4/c1-2-21-16-7-15-10-22(12-20)11-18(15)17(8-16)14-5-3-13(9-19)4-6-14/h3-8,21H,2,10-11H2,1H3. The molecule has 1 aliphatic rings. The first-order chi connectivity index (χ1) is 10.7. The van der Waals surface area contributed by atoms with Gasteiger partial charge in [0.25, 0.3) is 0 Å². The molecule has 0 spiro atoms. The van der Waals surface area contributed by atoms with Crippen molar-refractivity contribution < 1.29 is 0 Å². The van der Waals surface area contributed by atoms with Crippen molar-refractivity contribution in [1.82, 2.24) is 4.90 Å². The first-order valence-corrected chi connectivity index (χ1v) is 7.30. The van der Waals surface area contributed by atoms with Gasteiger partial charge in [0.05, 0.1) is 24.7 Å². The molecule has 1 aliphatic heterocycles. The molecule has 0 aliphatic carbocycles. The van der Waals surface area contributed by atoms with Crippen molar-refractivity contribution in [3.05, 3.63) is 53.1 Å². The van der Waals surface area contributed by atoms with E-state index < -0.39 is 0 Å². The van der Waals surface area contributed by atoms with Crippen LogP contribution in [-0.2, 0) is 13.1 Å². The van der Waals surface area contributed by atoms with Crippen molar-refractivity contribution in [2.45, 2.75) is 20.0 Å². The van der Waals surface area contributed by atoms with Crippen molar-refractivity contribution in [3.63, 3.8) is 0 Å². The van der Waals surface area contributed by atoms with Crippen LogP contribution in [0, 0.1) is 22.8 Å². The van der Waals surface area contributed by atoms with Crippen molar-refractivity contribution in [3.8, 4) is 23.4 Å². The van der Waals surface area contributed by atoms with Gasteiger partial charge in [-0.2, -0.15) is 10.5 Å². The second-order valence-electron chi connectivity index (χ2n) is 5.34. The lowest BCUT2D eigenvalue weighted by Crippen LogP contribution is -2.07. The molecule has 0 amide bonds. The van der Waals surface area contributed by atoms with Crippen LogP contribution >= 0.6 is 0 Å². The summed E-state index contributed by atoms with van der Waals surface area (Å²) in [4.78, 5) is 1.76. The molecule has 108 valence electrons. The molecular weight excluding hydrogens is 272 g/mol. The van der Waals surface area contributed by atoms with Gasteiger partial charge in [-0.25, -0.2) is 0 Å². The molecule has 0 bridgehead atoms. The molecule has 0 atom stereocenters. The van der Waals surface area contributed by atoms with E-state index in [0.717, 1.165) is 23.4 Å². The lowest BCUT2D eigenvalue weighted by Gasteiger charge is -2.12. The van der Waals surface area contributed by atoms with Gasteiger partial charge in [0.15, 0.2) is 6.19 Å². The number of nitrogens with one attached hydrogen (secondary N) is 1. The number of anilines is 1. The average Bonchev–Trinajstić information content (AvgIpc) is 2.97. The molecular formula is C18H16N4. The Morgan fingerprint density at radius 1 is 1.14 bits per heavy atom. The molecule has 1 heterocycles. The SMILES string of the molecule is CCNc1cc2c(c(-c3ccc(C#N)cc3)c1)CN(C#N)C2. The molecule has 2 aromatic carbocycles. The molecule has 4 nitrogen and oxygen atoms in total. The van der Waals surface area contributed by atoms with Crippen molar-refractivity contribution in [2.24, 2.45) is 0 Å². The number of rotatable bonds is 3. The van der Waals surface area contributed by atoms with Gasteiger partial charge in [-0.15, -0.1) is 0 Å². The molecule has 0 radical (unpaired) electrons. The van der Waals surface area contributed by atoms with Crippen molar-refractivity contribution in [1.29, 1.82) is 10.5 Å². The first kappa shape index (κ1) is 14.0. The van der Waals surface area contributed by atoms with Crippen molar-refractivity contribution in [2.75, 3.05) is 11.9 Å². The lowest BCUT2D eigenvalue weighted by atomic mass is 9.95. The van der Waals surface area contributed by atoms with E-state index in [1.807, 2.05) is 24.3 Å². The fourth-order valence-corrected chi connectivity index (χ4v) is 2.87. The third-order valence-electron chi connectivity index (χ3n) is 3.90. The number of benzene rings is 2. The minimum absolute atomic E-state index is 0.646. The van der Waals surface area contributed by atoms with E-state index >= 15 is 0 Å². The maximum Gasteiger partial charge on any atom is 0.179 e. The van der Waals surface area contributed by atoms with Crippen LogP contribution in [-0.4, -0.2) is 11.4 Å². The molecule has 0 fully saturated rings. The van der Waals surface area contributed by atoms with Crippen LogP contribution in [0.2, 0.25) is 0 Å². The van der Waals surface area contributed by atoms with Crippen LogP contribution < -0.4 is 5.32 Å². The Labute approximate surface area is 130 Å². The summed E-state index contributed by atoms with van der Waals surface area (Å²) in [5.41, 5.74) is 6.33. The number of fused-ring (bicyclic) bond motifs is 1. The van der Waals surface area contributed by atoms with E-state index in [-0.39, 0.29) is 0 Å². The van der Waals surface area contributed by atoms with Gasteiger partial charge in [-0.1, -0.05) is 12.1 Å². The Hall–Kier alpha value is -2.98. The second kappa shape index (κ2) is 5.79. The summed E-state index contributed by atoms with van der Waals surface area (Å²) in [5, 5.41) is 21.4. The van der Waals surface area contributed by atoms with E-state index in [2.05, 4.69) is 36.6 Å². The molecule has 4 heteroatoms. The van der Waals surface area contributed by atoms with Gasteiger partial charge < -0.3 is 10.2 Å². The summed E-state index contributed by atoms with van der Waals surface area (Å²) in [6.07, 6.45) is 2.23. The van der Waals surface area contributed by atoms with Gasteiger partial charge in [0.1, 0.15) is 0 Å². The molecule has 0 unspecified atom stereocenters. The zero-order chi connectivity index (χ0) is 15.5. The molecule has 22 heavy (non-hydrogen) atoms. The van der Waals surface area contributed by atoms with Gasteiger partial charge in [0, 0.05) is 12.2 Å². The zero-order valence-electron chi connectivity index (χ0n) is 12.4. The van der Waals surface area contributed by atoms with E-state index in [4.69, 9.17) is 10.5 Å². The Bertz CT molecular complexity index is 778. The Morgan fingerprint density at radius 3 is 2.55 bits per heavy atom. The van der Waals surface area contributed by atoms with E-state index in [9.17, 15) is 0 Å². The largest absolute Gasteiger partial charge is 0.385 e. The van der Waals surface area contributed by atoms with E-state index in [1.165, 1.54) is 11.1 Å². The summed E-state index contributed by atoms with van der Waals surface area (Å²) in [5.74, 6) is 0. The fraction of sp³-hybridized carbons (Fsp3) is 0.222. The van der Waals surface area contributed by atoms with Crippen molar-refractivity contribution >= 4 is 5.69 Å². The van der Waals surface area contributed by atoms with Crippen LogP contribution in [0.3, 0.4) is 0 Å². The van der Waals surface area contributed by atoms with Crippen LogP contribution in [0.4, 0.5) is 5.69 Å². The number of hydrogen-bond donors (Lipinski definition) is 1. The maximum atomic E-state index is 9.16. The van der Waals surface area contributed by atoms with Crippen LogP contribution in [0.1, 0.15) is 23.6 Å². The summed E-state index contributed by atoms with van der Waals surface area (Å²) in [6, 6.07) is 14.0. The topological polar surface area (TPSA) is 62.9 Å². The minimum Gasteiger partial charge on any atom is -0.385 e. The second-order valence-corrected chi connectivity index (χ2v) is 5.34. The first-order valence-electron chi connectivity index (χ1n) is 7.30. The highest BCUT2D eigenvalue weighted by atomic mass is 15.1. The fourth-order valence-electron chi connectivity index (χ4n) is 2.87. The van der Waals surface area contributed by atoms with E-state index in [1.54, 1.807) is 4.90 Å². The normalized spacial score (nSPS) is 12.4. The van der Waals surface area contributed by atoms with Gasteiger partial charge in [-0.05, 0) is 53.4 Å². The summed E-state index contributed by atoms with van der Waals surface area (Å²) >= 11 is 0. The smallest absolute Gasteiger partial charge is 0.179 e. The zero-order valence-corrected chi connectivity index (χ0v) is 12.4. The highest BCUT2D eigenvalue weighted by Gasteiger charge is 2.22. The quantitative estimate of drug-likeness (QED) is 0.879. The molecule has 0 saturated carbocycles. The van der Waals surface area contributed by atoms with Gasteiger partial charge in [0.2, 0.25) is 0 Å². The molecule has 0 saturated heterocycles. The predicted octanol–water partition coefficient (Wildman–Crippen LogP) is 3.45. The predicted molar refractivity (Wildman–Crippen MR) is 85.6 cm³/mol. The highest BCUT2D eigenvalue weighted by Crippen LogP contribution is 2.35. The average molecular weight is 288 g/mol. The number of hydrogen-bond acceptors (Lipinski definition) is 4. The summed E-state index contributed by atoms with van der Waals surface area (Å²) < 4.78 is 0. The molecule has 0 aromatic heterocycles. The summed E-state index contributed by atoms with van der Waals surface area (Å²) in [6.45, 7) is 4.23. The highest BCUT2D eigenvalue weighted by molar-refractivity contribution is 5.74. The maximum absolute atomic E-state index is 9.16. The molecule has 2 aromatic rings. The van der Waals surface area contributed by atoms with Gasteiger partial charge in [-0.3, -0.25) is 0 Å². The molecule has 3 rings (SSSR count). The Morgan fingerprint density at radius 2 is 1.91 bits per heavy atom. The Balaban J connectivity index is 2.10. The Kier molecular flexibility index (Phi) is 3.68. The monoisotopic (exact) mass is 288 g/mol. The van der Waals surface area contributed by atoms with Crippen LogP contribution in [0.25, 0.3) is 11.1 Å². The van der Waals surface area contributed by atoms with E-state index in [0.29, 0.717) is 18.7 Å².